The summed E-state index contributed by atoms with van der Waals surface area (Å²) in [6.45, 7) is 6.65. The van der Waals surface area contributed by atoms with Gasteiger partial charge in [-0.1, -0.05) is 30.3 Å². The average molecular weight is 275 g/mol. The fourth-order valence-electron chi connectivity index (χ4n) is 2.21. The highest BCUT2D eigenvalue weighted by molar-refractivity contribution is 7.10. The summed E-state index contributed by atoms with van der Waals surface area (Å²) in [4.78, 5) is 0.997. The van der Waals surface area contributed by atoms with Crippen molar-refractivity contribution in [2.45, 2.75) is 32.4 Å². The Hall–Kier alpha value is -1.16. The number of hydrogen-bond donors (Lipinski definition) is 2. The van der Waals surface area contributed by atoms with Crippen LogP contribution in [0.5, 0.6) is 0 Å². The van der Waals surface area contributed by atoms with Crippen molar-refractivity contribution in [2.75, 3.05) is 6.54 Å². The maximum Gasteiger partial charge on any atom is 0.108 e. The van der Waals surface area contributed by atoms with E-state index in [2.05, 4.69) is 37.4 Å². The fraction of sp³-hybridized carbons (Fsp3) is 0.375. The Bertz CT molecular complexity index is 519. The van der Waals surface area contributed by atoms with Crippen LogP contribution >= 0.6 is 11.3 Å². The summed E-state index contributed by atoms with van der Waals surface area (Å²) >= 11 is 1.59. The van der Waals surface area contributed by atoms with Crippen molar-refractivity contribution in [3.05, 3.63) is 57.8 Å². The Kier molecular flexibility index (Phi) is 4.40. The summed E-state index contributed by atoms with van der Waals surface area (Å²) in [6.07, 6.45) is 0. The number of nitrogens with one attached hydrogen (secondary N) is 1. The molecule has 1 aromatic carbocycles. The van der Waals surface area contributed by atoms with Gasteiger partial charge in [0, 0.05) is 17.5 Å². The van der Waals surface area contributed by atoms with E-state index >= 15 is 0 Å². The van der Waals surface area contributed by atoms with Crippen molar-refractivity contribution in [3.63, 3.8) is 0 Å². The highest BCUT2D eigenvalue weighted by atomic mass is 32.1. The van der Waals surface area contributed by atoms with E-state index in [0.29, 0.717) is 6.54 Å². The van der Waals surface area contributed by atoms with E-state index < -0.39 is 5.60 Å². The van der Waals surface area contributed by atoms with Crippen LogP contribution in [0.1, 0.15) is 35.9 Å². The first kappa shape index (κ1) is 14.3. The SMILES string of the molecule is Cc1ccccc1C(C)NCC(C)(O)c1cccs1. The van der Waals surface area contributed by atoms with Crippen LogP contribution in [0.15, 0.2) is 41.8 Å². The molecule has 0 aliphatic carbocycles. The summed E-state index contributed by atoms with van der Waals surface area (Å²) in [5, 5.41) is 15.9. The van der Waals surface area contributed by atoms with Crippen LogP contribution in [0, 0.1) is 6.92 Å². The van der Waals surface area contributed by atoms with Crippen LogP contribution in [0.4, 0.5) is 0 Å². The highest BCUT2D eigenvalue weighted by Crippen LogP contribution is 2.25. The van der Waals surface area contributed by atoms with Crippen LogP contribution in [-0.4, -0.2) is 11.7 Å². The standard InChI is InChI=1S/C16H21NOS/c1-12-7-4-5-8-14(12)13(2)17-11-16(3,18)15-9-6-10-19-15/h4-10,13,17-18H,11H2,1-3H3. The van der Waals surface area contributed by atoms with Crippen LogP contribution in [0.2, 0.25) is 0 Å². The van der Waals surface area contributed by atoms with E-state index in [-0.39, 0.29) is 6.04 Å². The van der Waals surface area contributed by atoms with E-state index in [0.717, 1.165) is 4.88 Å². The van der Waals surface area contributed by atoms with Gasteiger partial charge in [0.2, 0.25) is 0 Å². The van der Waals surface area contributed by atoms with Gasteiger partial charge in [0.15, 0.2) is 0 Å². The molecular weight excluding hydrogens is 254 g/mol. The van der Waals surface area contributed by atoms with Crippen molar-refractivity contribution in [2.24, 2.45) is 0 Å². The Morgan fingerprint density at radius 3 is 2.63 bits per heavy atom. The lowest BCUT2D eigenvalue weighted by Crippen LogP contribution is -2.36. The third kappa shape index (κ3) is 3.44. The van der Waals surface area contributed by atoms with Crippen molar-refractivity contribution >= 4 is 11.3 Å². The lowest BCUT2D eigenvalue weighted by molar-refractivity contribution is 0.0581. The number of rotatable bonds is 5. The largest absolute Gasteiger partial charge is 0.383 e. The average Bonchev–Trinajstić information content (AvgIpc) is 2.91. The molecular formula is C16H21NOS. The number of aryl methyl sites for hydroxylation is 1. The Balaban J connectivity index is 2.01. The van der Waals surface area contributed by atoms with Gasteiger partial charge in [-0.25, -0.2) is 0 Å². The summed E-state index contributed by atoms with van der Waals surface area (Å²) in [5.41, 5.74) is 1.74. The third-order valence-corrected chi connectivity index (χ3v) is 4.58. The van der Waals surface area contributed by atoms with Gasteiger partial charge >= 0.3 is 0 Å². The molecule has 2 rings (SSSR count). The minimum Gasteiger partial charge on any atom is -0.383 e. The zero-order chi connectivity index (χ0) is 13.9. The van der Waals surface area contributed by atoms with Crippen LogP contribution in [-0.2, 0) is 5.60 Å². The van der Waals surface area contributed by atoms with Crippen molar-refractivity contribution in [1.82, 2.24) is 5.32 Å². The minimum atomic E-state index is -0.814. The lowest BCUT2D eigenvalue weighted by atomic mass is 10.0. The fourth-order valence-corrected chi connectivity index (χ4v) is 2.99. The molecule has 102 valence electrons. The molecule has 0 fully saturated rings. The van der Waals surface area contributed by atoms with E-state index in [1.165, 1.54) is 11.1 Å². The molecule has 0 radical (unpaired) electrons. The van der Waals surface area contributed by atoms with Gasteiger partial charge in [0.25, 0.3) is 0 Å². The molecule has 0 saturated heterocycles. The van der Waals surface area contributed by atoms with Gasteiger partial charge in [-0.15, -0.1) is 11.3 Å². The Morgan fingerprint density at radius 2 is 2.00 bits per heavy atom. The monoisotopic (exact) mass is 275 g/mol. The summed E-state index contributed by atoms with van der Waals surface area (Å²) in [7, 11) is 0. The maximum atomic E-state index is 10.5. The summed E-state index contributed by atoms with van der Waals surface area (Å²) < 4.78 is 0. The molecule has 1 aromatic heterocycles. The quantitative estimate of drug-likeness (QED) is 0.873. The molecule has 3 heteroatoms. The first-order valence-electron chi connectivity index (χ1n) is 6.56. The molecule has 2 N–H and O–H groups in total. The number of thiophene rings is 1. The second-order valence-corrected chi connectivity index (χ2v) is 6.16. The van der Waals surface area contributed by atoms with Crippen molar-refractivity contribution < 1.29 is 5.11 Å². The predicted molar refractivity (Wildman–Crippen MR) is 81.5 cm³/mol. The van der Waals surface area contributed by atoms with Gasteiger partial charge in [-0.3, -0.25) is 0 Å². The molecule has 0 saturated carbocycles. The molecule has 19 heavy (non-hydrogen) atoms. The van der Waals surface area contributed by atoms with E-state index in [4.69, 9.17) is 0 Å². The first-order valence-corrected chi connectivity index (χ1v) is 7.44. The molecule has 2 nitrogen and oxygen atoms in total. The van der Waals surface area contributed by atoms with Crippen molar-refractivity contribution in [3.8, 4) is 0 Å². The van der Waals surface area contributed by atoms with Crippen LogP contribution in [0.3, 0.4) is 0 Å². The van der Waals surface area contributed by atoms with E-state index in [1.807, 2.05) is 30.5 Å². The van der Waals surface area contributed by atoms with Crippen LogP contribution < -0.4 is 5.32 Å². The molecule has 0 aliphatic heterocycles. The first-order chi connectivity index (χ1) is 9.00. The topological polar surface area (TPSA) is 32.3 Å². The predicted octanol–water partition coefficient (Wildman–Crippen LogP) is 3.61. The second kappa shape index (κ2) is 5.87. The Morgan fingerprint density at radius 1 is 1.26 bits per heavy atom. The molecule has 0 bridgehead atoms. The molecule has 0 amide bonds. The van der Waals surface area contributed by atoms with Crippen LogP contribution in [0.25, 0.3) is 0 Å². The summed E-state index contributed by atoms with van der Waals surface area (Å²) in [6, 6.07) is 12.5. The molecule has 2 unspecified atom stereocenters. The summed E-state index contributed by atoms with van der Waals surface area (Å²) in [5.74, 6) is 0. The zero-order valence-corrected chi connectivity index (χ0v) is 12.5. The van der Waals surface area contributed by atoms with E-state index in [9.17, 15) is 5.11 Å². The van der Waals surface area contributed by atoms with Gasteiger partial charge in [-0.2, -0.15) is 0 Å². The third-order valence-electron chi connectivity index (χ3n) is 3.46. The number of hydrogen-bond acceptors (Lipinski definition) is 3. The maximum absolute atomic E-state index is 10.5. The molecule has 1 heterocycles. The van der Waals surface area contributed by atoms with Gasteiger partial charge in [0.05, 0.1) is 0 Å². The number of benzene rings is 1. The van der Waals surface area contributed by atoms with Gasteiger partial charge < -0.3 is 10.4 Å². The molecule has 0 spiro atoms. The number of aliphatic hydroxyl groups is 1. The Labute approximate surface area is 119 Å². The van der Waals surface area contributed by atoms with Gasteiger partial charge in [-0.05, 0) is 43.3 Å². The van der Waals surface area contributed by atoms with E-state index in [1.54, 1.807) is 11.3 Å². The second-order valence-electron chi connectivity index (χ2n) is 5.21. The van der Waals surface area contributed by atoms with Crippen molar-refractivity contribution in [1.29, 1.82) is 0 Å². The zero-order valence-electron chi connectivity index (χ0n) is 11.7. The lowest BCUT2D eigenvalue weighted by Gasteiger charge is -2.25. The smallest absolute Gasteiger partial charge is 0.108 e. The molecule has 2 atom stereocenters. The normalized spacial score (nSPS) is 16.0. The van der Waals surface area contributed by atoms with Gasteiger partial charge in [0.1, 0.15) is 5.60 Å². The molecule has 0 aliphatic rings. The highest BCUT2D eigenvalue weighted by Gasteiger charge is 2.24. The molecule has 2 aromatic rings. The minimum absolute atomic E-state index is 0.229.